The first-order valence-electron chi connectivity index (χ1n) is 7.73. The Labute approximate surface area is 119 Å². The van der Waals surface area contributed by atoms with Crippen molar-refractivity contribution in [1.82, 2.24) is 5.32 Å². The van der Waals surface area contributed by atoms with Gasteiger partial charge in [0.2, 0.25) is 0 Å². The highest BCUT2D eigenvalue weighted by molar-refractivity contribution is 7.98. The maximum atomic E-state index is 3.66. The minimum Gasteiger partial charge on any atom is -0.316 e. The summed E-state index contributed by atoms with van der Waals surface area (Å²) in [6, 6.07) is 0. The Hall–Kier alpha value is 0.310. The van der Waals surface area contributed by atoms with E-state index in [1.54, 1.807) is 0 Å². The third kappa shape index (κ3) is 6.47. The molecule has 1 aliphatic carbocycles. The van der Waals surface area contributed by atoms with Crippen molar-refractivity contribution in [2.45, 2.75) is 59.3 Å². The van der Waals surface area contributed by atoms with Gasteiger partial charge in [0.25, 0.3) is 0 Å². The highest BCUT2D eigenvalue weighted by Crippen LogP contribution is 2.39. The fourth-order valence-electron chi connectivity index (χ4n) is 3.04. The zero-order chi connectivity index (χ0) is 13.4. The fraction of sp³-hybridized carbons (Fsp3) is 1.00. The lowest BCUT2D eigenvalue weighted by atomic mass is 9.70. The van der Waals surface area contributed by atoms with Crippen LogP contribution in [-0.4, -0.2) is 25.1 Å². The Morgan fingerprint density at radius 1 is 1.06 bits per heavy atom. The van der Waals surface area contributed by atoms with Crippen LogP contribution >= 0.6 is 11.8 Å². The van der Waals surface area contributed by atoms with Gasteiger partial charge in [-0.25, -0.2) is 0 Å². The van der Waals surface area contributed by atoms with Crippen LogP contribution in [0.1, 0.15) is 59.3 Å². The first kappa shape index (κ1) is 16.4. The molecule has 1 N–H and O–H groups in total. The first-order chi connectivity index (χ1) is 8.54. The van der Waals surface area contributed by atoms with E-state index in [1.165, 1.54) is 57.4 Å². The molecule has 0 aromatic carbocycles. The third-order valence-corrected chi connectivity index (χ3v) is 5.15. The van der Waals surface area contributed by atoms with Gasteiger partial charge in [0.1, 0.15) is 0 Å². The molecule has 1 fully saturated rings. The molecule has 0 unspecified atom stereocenters. The van der Waals surface area contributed by atoms with Crippen LogP contribution in [0.25, 0.3) is 0 Å². The molecule has 0 heterocycles. The van der Waals surface area contributed by atoms with Crippen LogP contribution in [0.15, 0.2) is 0 Å². The monoisotopic (exact) mass is 271 g/mol. The number of nitrogens with one attached hydrogen (secondary N) is 1. The largest absolute Gasteiger partial charge is 0.316 e. The smallest absolute Gasteiger partial charge is 0.00205 e. The van der Waals surface area contributed by atoms with Crippen LogP contribution in [0.3, 0.4) is 0 Å². The summed E-state index contributed by atoms with van der Waals surface area (Å²) in [4.78, 5) is 0. The molecule has 108 valence electrons. The molecule has 2 heteroatoms. The maximum absolute atomic E-state index is 3.66. The van der Waals surface area contributed by atoms with E-state index in [0.29, 0.717) is 5.41 Å². The van der Waals surface area contributed by atoms with E-state index in [-0.39, 0.29) is 0 Å². The molecule has 18 heavy (non-hydrogen) atoms. The van der Waals surface area contributed by atoms with E-state index >= 15 is 0 Å². The average Bonchev–Trinajstić information content (AvgIpc) is 2.33. The van der Waals surface area contributed by atoms with Gasteiger partial charge in [0, 0.05) is 0 Å². The van der Waals surface area contributed by atoms with E-state index in [2.05, 4.69) is 32.3 Å². The average molecular weight is 272 g/mol. The van der Waals surface area contributed by atoms with Crippen molar-refractivity contribution in [2.24, 2.45) is 17.3 Å². The van der Waals surface area contributed by atoms with Crippen LogP contribution in [-0.2, 0) is 0 Å². The normalized spacial score (nSPS) is 25.3. The van der Waals surface area contributed by atoms with Gasteiger partial charge in [-0.15, -0.1) is 0 Å². The van der Waals surface area contributed by atoms with Gasteiger partial charge in [-0.1, -0.05) is 20.8 Å². The minimum atomic E-state index is 0.524. The van der Waals surface area contributed by atoms with Crippen LogP contribution in [0.5, 0.6) is 0 Å². The number of hydrogen-bond donors (Lipinski definition) is 1. The van der Waals surface area contributed by atoms with E-state index in [0.717, 1.165) is 11.8 Å². The van der Waals surface area contributed by atoms with E-state index in [4.69, 9.17) is 0 Å². The number of unbranched alkanes of at least 4 members (excludes halogenated alkanes) is 1. The maximum Gasteiger partial charge on any atom is -0.00205 e. The molecule has 0 atom stereocenters. The summed E-state index contributed by atoms with van der Waals surface area (Å²) in [6.07, 6.45) is 10.7. The summed E-state index contributed by atoms with van der Waals surface area (Å²) in [5, 5.41) is 3.66. The second kappa shape index (κ2) is 8.47. The minimum absolute atomic E-state index is 0.524. The lowest BCUT2D eigenvalue weighted by Gasteiger charge is -2.37. The van der Waals surface area contributed by atoms with Crippen LogP contribution in [0, 0.1) is 17.3 Å². The molecular weight excluding hydrogens is 238 g/mol. The summed E-state index contributed by atoms with van der Waals surface area (Å²) in [6.45, 7) is 9.70. The first-order valence-corrected chi connectivity index (χ1v) is 9.13. The summed E-state index contributed by atoms with van der Waals surface area (Å²) < 4.78 is 0. The quantitative estimate of drug-likeness (QED) is 0.681. The lowest BCUT2D eigenvalue weighted by molar-refractivity contribution is 0.149. The number of hydrogen-bond acceptors (Lipinski definition) is 2. The van der Waals surface area contributed by atoms with Crippen molar-refractivity contribution in [1.29, 1.82) is 0 Å². The molecule has 1 nitrogen and oxygen atoms in total. The molecule has 0 bridgehead atoms. The van der Waals surface area contributed by atoms with Gasteiger partial charge in [-0.05, 0) is 80.9 Å². The van der Waals surface area contributed by atoms with E-state index in [1.807, 2.05) is 11.8 Å². The van der Waals surface area contributed by atoms with Gasteiger partial charge < -0.3 is 5.32 Å². The molecule has 1 rings (SSSR count). The van der Waals surface area contributed by atoms with Gasteiger partial charge in [-0.2, -0.15) is 11.8 Å². The summed E-state index contributed by atoms with van der Waals surface area (Å²) in [5.41, 5.74) is 0.524. The molecule has 0 amide bonds. The Balaban J connectivity index is 2.02. The second-order valence-electron chi connectivity index (χ2n) is 6.99. The van der Waals surface area contributed by atoms with Gasteiger partial charge >= 0.3 is 0 Å². The van der Waals surface area contributed by atoms with Gasteiger partial charge in [0.05, 0.1) is 0 Å². The SMILES string of the molecule is CSCCCCNCC1CCC(C(C)(C)C)CC1. The fourth-order valence-corrected chi connectivity index (χ4v) is 3.53. The summed E-state index contributed by atoms with van der Waals surface area (Å²) in [7, 11) is 0. The molecule has 0 aromatic heterocycles. The lowest BCUT2D eigenvalue weighted by Crippen LogP contribution is -2.31. The Kier molecular flexibility index (Phi) is 7.70. The molecule has 0 aromatic rings. The Bertz CT molecular complexity index is 202. The van der Waals surface area contributed by atoms with Crippen molar-refractivity contribution >= 4 is 11.8 Å². The summed E-state index contributed by atoms with van der Waals surface area (Å²) >= 11 is 1.96. The van der Waals surface area contributed by atoms with Gasteiger partial charge in [-0.3, -0.25) is 0 Å². The van der Waals surface area contributed by atoms with E-state index in [9.17, 15) is 0 Å². The van der Waals surface area contributed by atoms with Crippen molar-refractivity contribution in [3.05, 3.63) is 0 Å². The zero-order valence-corrected chi connectivity index (χ0v) is 13.7. The third-order valence-electron chi connectivity index (χ3n) is 4.46. The number of thioether (sulfide) groups is 1. The molecular formula is C16H33NS. The van der Waals surface area contributed by atoms with Gasteiger partial charge in [0.15, 0.2) is 0 Å². The molecule has 1 saturated carbocycles. The van der Waals surface area contributed by atoms with Crippen molar-refractivity contribution in [3.63, 3.8) is 0 Å². The van der Waals surface area contributed by atoms with Crippen LogP contribution < -0.4 is 5.32 Å². The molecule has 0 saturated heterocycles. The Morgan fingerprint density at radius 2 is 1.72 bits per heavy atom. The molecule has 1 aliphatic rings. The Morgan fingerprint density at radius 3 is 2.28 bits per heavy atom. The predicted molar refractivity (Wildman–Crippen MR) is 85.4 cm³/mol. The predicted octanol–water partition coefficient (Wildman–Crippen LogP) is 4.57. The second-order valence-corrected chi connectivity index (χ2v) is 7.97. The van der Waals surface area contributed by atoms with Crippen molar-refractivity contribution < 1.29 is 0 Å². The number of rotatable bonds is 7. The molecule has 0 spiro atoms. The van der Waals surface area contributed by atoms with E-state index < -0.39 is 0 Å². The summed E-state index contributed by atoms with van der Waals surface area (Å²) in [5.74, 6) is 3.22. The van der Waals surface area contributed by atoms with Crippen molar-refractivity contribution in [2.75, 3.05) is 25.1 Å². The zero-order valence-electron chi connectivity index (χ0n) is 12.9. The van der Waals surface area contributed by atoms with Crippen LogP contribution in [0.4, 0.5) is 0 Å². The molecule has 0 radical (unpaired) electrons. The standard InChI is InChI=1S/C16H33NS/c1-16(2,3)15-9-7-14(8-10-15)13-17-11-5-6-12-18-4/h14-15,17H,5-13H2,1-4H3. The molecule has 0 aliphatic heterocycles. The van der Waals surface area contributed by atoms with Crippen molar-refractivity contribution in [3.8, 4) is 0 Å². The highest BCUT2D eigenvalue weighted by atomic mass is 32.2. The van der Waals surface area contributed by atoms with Crippen LogP contribution in [0.2, 0.25) is 0 Å². The highest BCUT2D eigenvalue weighted by Gasteiger charge is 2.29. The topological polar surface area (TPSA) is 12.0 Å².